The fraction of sp³-hybridized carbons (Fsp3) is 0.312. The lowest BCUT2D eigenvalue weighted by Gasteiger charge is -2.13. The van der Waals surface area contributed by atoms with Gasteiger partial charge in [-0.3, -0.25) is 0 Å². The van der Waals surface area contributed by atoms with Crippen molar-refractivity contribution < 1.29 is 19.4 Å². The van der Waals surface area contributed by atoms with Crippen molar-refractivity contribution in [1.29, 1.82) is 0 Å². The van der Waals surface area contributed by atoms with Crippen LogP contribution < -0.4 is 4.74 Å². The van der Waals surface area contributed by atoms with Crippen LogP contribution in [0.5, 0.6) is 5.75 Å². The van der Waals surface area contributed by atoms with Gasteiger partial charge in [-0.15, -0.1) is 0 Å². The van der Waals surface area contributed by atoms with Crippen LogP contribution in [0.15, 0.2) is 42.5 Å². The maximum atomic E-state index is 10.9. The van der Waals surface area contributed by atoms with Gasteiger partial charge in [-0.25, -0.2) is 4.79 Å². The summed E-state index contributed by atoms with van der Waals surface area (Å²) in [5.41, 5.74) is 0. The molecule has 0 aromatic heterocycles. The van der Waals surface area contributed by atoms with Crippen LogP contribution in [-0.4, -0.2) is 30.4 Å². The number of ether oxygens (including phenoxy) is 2. The first-order chi connectivity index (χ1) is 9.70. The van der Waals surface area contributed by atoms with E-state index < -0.39 is 12.1 Å². The second-order valence-electron chi connectivity index (χ2n) is 4.43. The van der Waals surface area contributed by atoms with E-state index in [1.54, 1.807) is 6.92 Å². The summed E-state index contributed by atoms with van der Waals surface area (Å²) in [6.45, 7) is 2.47. The van der Waals surface area contributed by atoms with E-state index in [9.17, 15) is 4.79 Å². The Morgan fingerprint density at radius 2 is 1.95 bits per heavy atom. The van der Waals surface area contributed by atoms with E-state index in [2.05, 4.69) is 0 Å². The first kappa shape index (κ1) is 14.3. The van der Waals surface area contributed by atoms with Crippen LogP contribution in [0.2, 0.25) is 0 Å². The number of carbonyl (C=O) groups is 1. The molecule has 0 aliphatic heterocycles. The van der Waals surface area contributed by atoms with Gasteiger partial charge in [0.2, 0.25) is 0 Å². The summed E-state index contributed by atoms with van der Waals surface area (Å²) in [4.78, 5) is 10.9. The number of benzene rings is 2. The molecule has 4 heteroatoms. The monoisotopic (exact) mass is 274 g/mol. The summed E-state index contributed by atoms with van der Waals surface area (Å²) < 4.78 is 10.7. The molecule has 0 fully saturated rings. The summed E-state index contributed by atoms with van der Waals surface area (Å²) in [5, 5.41) is 11.2. The summed E-state index contributed by atoms with van der Waals surface area (Å²) in [5.74, 6) is -0.210. The molecular weight excluding hydrogens is 256 g/mol. The van der Waals surface area contributed by atoms with Crippen LogP contribution >= 0.6 is 0 Å². The maximum Gasteiger partial charge on any atom is 0.332 e. The second kappa shape index (κ2) is 6.91. The standard InChI is InChI=1S/C16H18O4/c1-2-19-15(16(17)18)9-10-20-14-8-7-12-5-3-4-6-13(12)11-14/h3-8,11,15H,2,9-10H2,1H3,(H,17,18). The van der Waals surface area contributed by atoms with Crippen LogP contribution in [0, 0.1) is 0 Å². The third-order valence-corrected chi connectivity index (χ3v) is 3.01. The van der Waals surface area contributed by atoms with Crippen LogP contribution in [0.4, 0.5) is 0 Å². The number of carboxylic acid groups (broad SMARTS) is 1. The van der Waals surface area contributed by atoms with Gasteiger partial charge in [-0.05, 0) is 29.8 Å². The van der Waals surface area contributed by atoms with Crippen molar-refractivity contribution in [2.45, 2.75) is 19.4 Å². The molecule has 20 heavy (non-hydrogen) atoms. The molecule has 2 aromatic rings. The Hall–Kier alpha value is -2.07. The summed E-state index contributed by atoms with van der Waals surface area (Å²) in [6.07, 6.45) is -0.476. The van der Waals surface area contributed by atoms with Gasteiger partial charge in [0.15, 0.2) is 6.10 Å². The van der Waals surface area contributed by atoms with E-state index in [4.69, 9.17) is 14.6 Å². The Kier molecular flexibility index (Phi) is 4.96. The van der Waals surface area contributed by atoms with Gasteiger partial charge in [0, 0.05) is 13.0 Å². The minimum Gasteiger partial charge on any atom is -0.493 e. The summed E-state index contributed by atoms with van der Waals surface area (Å²) >= 11 is 0. The van der Waals surface area contributed by atoms with Gasteiger partial charge >= 0.3 is 5.97 Å². The average molecular weight is 274 g/mol. The minimum atomic E-state index is -0.950. The number of hydrogen-bond donors (Lipinski definition) is 1. The molecular formula is C16H18O4. The first-order valence-electron chi connectivity index (χ1n) is 6.66. The molecule has 0 aliphatic rings. The lowest BCUT2D eigenvalue weighted by atomic mass is 10.1. The van der Waals surface area contributed by atoms with Crippen molar-refractivity contribution in [2.24, 2.45) is 0 Å². The van der Waals surface area contributed by atoms with Gasteiger partial charge < -0.3 is 14.6 Å². The second-order valence-corrected chi connectivity index (χ2v) is 4.43. The Balaban J connectivity index is 1.93. The molecule has 0 heterocycles. The topological polar surface area (TPSA) is 55.8 Å². The number of carboxylic acids is 1. The predicted octanol–water partition coefficient (Wildman–Crippen LogP) is 3.10. The highest BCUT2D eigenvalue weighted by Gasteiger charge is 2.17. The van der Waals surface area contributed by atoms with Crippen molar-refractivity contribution in [3.63, 3.8) is 0 Å². The Labute approximate surface area is 117 Å². The quantitative estimate of drug-likeness (QED) is 0.843. The molecule has 0 bridgehead atoms. The third-order valence-electron chi connectivity index (χ3n) is 3.01. The van der Waals surface area contributed by atoms with Crippen LogP contribution in [0.25, 0.3) is 10.8 Å². The third kappa shape index (κ3) is 3.71. The average Bonchev–Trinajstić information content (AvgIpc) is 2.46. The van der Waals surface area contributed by atoms with Crippen LogP contribution in [0.1, 0.15) is 13.3 Å². The smallest absolute Gasteiger partial charge is 0.332 e. The van der Waals surface area contributed by atoms with Gasteiger partial charge in [0.25, 0.3) is 0 Å². The minimum absolute atomic E-state index is 0.315. The molecule has 4 nitrogen and oxygen atoms in total. The molecule has 0 spiro atoms. The van der Waals surface area contributed by atoms with Gasteiger partial charge in [-0.1, -0.05) is 30.3 Å². The fourth-order valence-corrected chi connectivity index (χ4v) is 2.02. The van der Waals surface area contributed by atoms with Gasteiger partial charge in [-0.2, -0.15) is 0 Å². The number of aliphatic carboxylic acids is 1. The van der Waals surface area contributed by atoms with Crippen LogP contribution in [-0.2, 0) is 9.53 Å². The largest absolute Gasteiger partial charge is 0.493 e. The highest BCUT2D eigenvalue weighted by atomic mass is 16.5. The summed E-state index contributed by atoms with van der Waals surface area (Å²) in [7, 11) is 0. The normalized spacial score (nSPS) is 12.2. The first-order valence-corrected chi connectivity index (χ1v) is 6.66. The fourth-order valence-electron chi connectivity index (χ4n) is 2.02. The Morgan fingerprint density at radius 1 is 1.20 bits per heavy atom. The van der Waals surface area contributed by atoms with E-state index in [0.29, 0.717) is 19.6 Å². The lowest BCUT2D eigenvalue weighted by Crippen LogP contribution is -2.26. The molecule has 0 amide bonds. The molecule has 1 N–H and O–H groups in total. The molecule has 2 rings (SSSR count). The molecule has 0 saturated carbocycles. The van der Waals surface area contributed by atoms with Crippen molar-refractivity contribution in [3.05, 3.63) is 42.5 Å². The molecule has 0 saturated heterocycles. The zero-order valence-electron chi connectivity index (χ0n) is 11.4. The highest BCUT2D eigenvalue weighted by molar-refractivity contribution is 5.83. The number of rotatable bonds is 7. The highest BCUT2D eigenvalue weighted by Crippen LogP contribution is 2.20. The summed E-state index contributed by atoms with van der Waals surface area (Å²) in [6, 6.07) is 13.8. The molecule has 1 unspecified atom stereocenters. The van der Waals surface area contributed by atoms with Crippen molar-refractivity contribution >= 4 is 16.7 Å². The SMILES string of the molecule is CCOC(CCOc1ccc2ccccc2c1)C(=O)O. The zero-order chi connectivity index (χ0) is 14.4. The maximum absolute atomic E-state index is 10.9. The molecule has 2 aromatic carbocycles. The Morgan fingerprint density at radius 3 is 2.65 bits per heavy atom. The van der Waals surface area contributed by atoms with E-state index >= 15 is 0 Å². The van der Waals surface area contributed by atoms with Gasteiger partial charge in [0.05, 0.1) is 6.61 Å². The molecule has 0 aliphatic carbocycles. The van der Waals surface area contributed by atoms with Crippen molar-refractivity contribution in [2.75, 3.05) is 13.2 Å². The van der Waals surface area contributed by atoms with E-state index in [1.165, 1.54) is 0 Å². The van der Waals surface area contributed by atoms with E-state index in [-0.39, 0.29) is 0 Å². The molecule has 106 valence electrons. The lowest BCUT2D eigenvalue weighted by molar-refractivity contribution is -0.150. The Bertz CT molecular complexity index is 579. The van der Waals surface area contributed by atoms with Crippen molar-refractivity contribution in [1.82, 2.24) is 0 Å². The van der Waals surface area contributed by atoms with Crippen LogP contribution in [0.3, 0.4) is 0 Å². The van der Waals surface area contributed by atoms with Gasteiger partial charge in [0.1, 0.15) is 5.75 Å². The number of fused-ring (bicyclic) bond motifs is 1. The van der Waals surface area contributed by atoms with E-state index in [1.807, 2.05) is 42.5 Å². The van der Waals surface area contributed by atoms with E-state index in [0.717, 1.165) is 16.5 Å². The molecule has 0 radical (unpaired) electrons. The predicted molar refractivity (Wildman–Crippen MR) is 77.1 cm³/mol. The molecule has 1 atom stereocenters. The number of hydrogen-bond acceptors (Lipinski definition) is 3. The zero-order valence-corrected chi connectivity index (χ0v) is 11.4. The van der Waals surface area contributed by atoms with Crippen molar-refractivity contribution in [3.8, 4) is 5.75 Å².